The number of rotatable bonds is 5. The fraction of sp³-hybridized carbons (Fsp3) is 0.381. The van der Waals surface area contributed by atoms with Crippen LogP contribution in [0.2, 0.25) is 5.02 Å². The molecule has 25 heavy (non-hydrogen) atoms. The van der Waals surface area contributed by atoms with Gasteiger partial charge in [0.05, 0.1) is 0 Å². The van der Waals surface area contributed by atoms with E-state index in [1.807, 2.05) is 47.4 Å². The fourth-order valence-electron chi connectivity index (χ4n) is 3.51. The average molecular weight is 358 g/mol. The Labute approximate surface area is 154 Å². The summed E-state index contributed by atoms with van der Waals surface area (Å²) in [6.07, 6.45) is 2.21. The molecule has 0 unspecified atom stereocenters. The molecule has 1 saturated heterocycles. The van der Waals surface area contributed by atoms with Crippen LogP contribution in [-0.4, -0.2) is 35.6 Å². The summed E-state index contributed by atoms with van der Waals surface area (Å²) in [6, 6.07) is 17.9. The lowest BCUT2D eigenvalue weighted by atomic mass is 9.87. The highest BCUT2D eigenvalue weighted by Crippen LogP contribution is 2.31. The minimum absolute atomic E-state index is 0.00275. The average Bonchev–Trinajstić information content (AvgIpc) is 2.66. The predicted molar refractivity (Wildman–Crippen MR) is 101 cm³/mol. The van der Waals surface area contributed by atoms with Crippen molar-refractivity contribution in [2.24, 2.45) is 5.92 Å². The summed E-state index contributed by atoms with van der Waals surface area (Å²) in [6.45, 7) is 1.69. The molecule has 1 aliphatic heterocycles. The Morgan fingerprint density at radius 1 is 1.08 bits per heavy atom. The Balaban J connectivity index is 1.77. The number of likely N-dealkylation sites (tertiary alicyclic amines) is 1. The van der Waals surface area contributed by atoms with Crippen LogP contribution in [0.5, 0.6) is 0 Å². The fourth-order valence-corrected chi connectivity index (χ4v) is 3.70. The van der Waals surface area contributed by atoms with E-state index in [4.69, 9.17) is 11.6 Å². The first kappa shape index (κ1) is 18.0. The van der Waals surface area contributed by atoms with Crippen molar-refractivity contribution in [1.82, 2.24) is 4.90 Å². The predicted octanol–water partition coefficient (Wildman–Crippen LogP) is 4.09. The molecule has 1 aliphatic rings. The van der Waals surface area contributed by atoms with Crippen LogP contribution >= 0.6 is 11.6 Å². The van der Waals surface area contributed by atoms with E-state index in [9.17, 15) is 9.90 Å². The van der Waals surface area contributed by atoms with E-state index >= 15 is 0 Å². The van der Waals surface area contributed by atoms with Gasteiger partial charge in [-0.3, -0.25) is 4.79 Å². The Hall–Kier alpha value is -1.84. The van der Waals surface area contributed by atoms with Gasteiger partial charge in [-0.25, -0.2) is 0 Å². The van der Waals surface area contributed by atoms with Gasteiger partial charge in [-0.1, -0.05) is 54.1 Å². The molecule has 3 nitrogen and oxygen atoms in total. The van der Waals surface area contributed by atoms with Crippen LogP contribution in [0.15, 0.2) is 54.6 Å². The number of piperidine rings is 1. The van der Waals surface area contributed by atoms with Crippen LogP contribution in [-0.2, 0) is 4.79 Å². The molecule has 4 heteroatoms. The quantitative estimate of drug-likeness (QED) is 0.875. The highest BCUT2D eigenvalue weighted by Gasteiger charge is 2.25. The molecule has 0 aliphatic carbocycles. The minimum atomic E-state index is 0.00275. The summed E-state index contributed by atoms with van der Waals surface area (Å²) >= 11 is 6.17. The van der Waals surface area contributed by atoms with Crippen LogP contribution in [0.1, 0.15) is 36.3 Å². The van der Waals surface area contributed by atoms with Crippen molar-refractivity contribution in [3.8, 4) is 0 Å². The molecular formula is C21H24ClNO2. The van der Waals surface area contributed by atoms with Gasteiger partial charge < -0.3 is 10.0 Å². The van der Waals surface area contributed by atoms with Crippen molar-refractivity contribution >= 4 is 17.5 Å². The number of aliphatic hydroxyl groups is 1. The second kappa shape index (κ2) is 8.50. The largest absolute Gasteiger partial charge is 0.396 e. The smallest absolute Gasteiger partial charge is 0.223 e. The maximum Gasteiger partial charge on any atom is 0.223 e. The monoisotopic (exact) mass is 357 g/mol. The van der Waals surface area contributed by atoms with E-state index in [0.29, 0.717) is 17.4 Å². The van der Waals surface area contributed by atoms with Crippen molar-refractivity contribution in [2.45, 2.75) is 25.2 Å². The van der Waals surface area contributed by atoms with Crippen molar-refractivity contribution in [1.29, 1.82) is 0 Å². The van der Waals surface area contributed by atoms with Gasteiger partial charge in [0.15, 0.2) is 0 Å². The highest BCUT2D eigenvalue weighted by atomic mass is 35.5. The zero-order chi connectivity index (χ0) is 17.6. The van der Waals surface area contributed by atoms with Crippen molar-refractivity contribution in [2.75, 3.05) is 19.7 Å². The lowest BCUT2D eigenvalue weighted by Crippen LogP contribution is -2.39. The maximum absolute atomic E-state index is 12.9. The number of hydrogen-bond acceptors (Lipinski definition) is 2. The second-order valence-corrected chi connectivity index (χ2v) is 7.17. The molecule has 0 spiro atoms. The first-order valence-corrected chi connectivity index (χ1v) is 9.24. The number of carbonyl (C=O) groups excluding carboxylic acids is 1. The lowest BCUT2D eigenvalue weighted by Gasteiger charge is -2.32. The van der Waals surface area contributed by atoms with E-state index in [0.717, 1.165) is 37.1 Å². The van der Waals surface area contributed by atoms with Crippen LogP contribution in [0.3, 0.4) is 0 Å². The summed E-state index contributed by atoms with van der Waals surface area (Å²) in [4.78, 5) is 14.8. The zero-order valence-electron chi connectivity index (χ0n) is 14.3. The van der Waals surface area contributed by atoms with Gasteiger partial charge in [0, 0.05) is 37.1 Å². The van der Waals surface area contributed by atoms with Gasteiger partial charge >= 0.3 is 0 Å². The topological polar surface area (TPSA) is 40.5 Å². The third-order valence-electron chi connectivity index (χ3n) is 5.06. The summed E-state index contributed by atoms with van der Waals surface area (Å²) in [5.41, 5.74) is 2.20. The SMILES string of the molecule is O=C(C[C@@H](c1ccccc1)c1cccc(Cl)c1)N1CCC(CO)CC1. The molecule has 132 valence electrons. The number of carbonyl (C=O) groups is 1. The van der Waals surface area contributed by atoms with Gasteiger partial charge in [-0.15, -0.1) is 0 Å². The summed E-state index contributed by atoms with van der Waals surface area (Å²) in [5.74, 6) is 0.509. The molecule has 0 aromatic heterocycles. The maximum atomic E-state index is 12.9. The molecule has 3 rings (SSSR count). The Morgan fingerprint density at radius 2 is 1.76 bits per heavy atom. The van der Waals surface area contributed by atoms with Gasteiger partial charge in [0.2, 0.25) is 5.91 Å². The molecule has 0 saturated carbocycles. The first-order chi connectivity index (χ1) is 12.2. The van der Waals surface area contributed by atoms with Gasteiger partial charge in [-0.05, 0) is 42.0 Å². The third kappa shape index (κ3) is 4.62. The first-order valence-electron chi connectivity index (χ1n) is 8.86. The van der Waals surface area contributed by atoms with E-state index in [1.54, 1.807) is 0 Å². The van der Waals surface area contributed by atoms with Crippen LogP contribution < -0.4 is 0 Å². The van der Waals surface area contributed by atoms with Crippen LogP contribution in [0.25, 0.3) is 0 Å². The molecule has 1 fully saturated rings. The summed E-state index contributed by atoms with van der Waals surface area (Å²) in [5, 5.41) is 9.96. The van der Waals surface area contributed by atoms with Crippen LogP contribution in [0.4, 0.5) is 0 Å². The zero-order valence-corrected chi connectivity index (χ0v) is 15.0. The minimum Gasteiger partial charge on any atom is -0.396 e. The molecule has 1 heterocycles. The number of amides is 1. The molecule has 2 aromatic carbocycles. The van der Waals surface area contributed by atoms with E-state index < -0.39 is 0 Å². The number of aliphatic hydroxyl groups excluding tert-OH is 1. The van der Waals surface area contributed by atoms with E-state index in [1.165, 1.54) is 0 Å². The molecule has 0 radical (unpaired) electrons. The molecular weight excluding hydrogens is 334 g/mol. The Bertz CT molecular complexity index is 696. The summed E-state index contributed by atoms with van der Waals surface area (Å²) in [7, 11) is 0. The standard InChI is InChI=1S/C21H24ClNO2/c22-19-8-4-7-18(13-19)20(17-5-2-1-3-6-17)14-21(25)23-11-9-16(15-24)10-12-23/h1-8,13,16,20,24H,9-12,14-15H2/t20-/m0/s1. The molecule has 2 aromatic rings. The number of nitrogens with zero attached hydrogens (tertiary/aromatic N) is 1. The van der Waals surface area contributed by atoms with Crippen molar-refractivity contribution in [3.63, 3.8) is 0 Å². The molecule has 1 N–H and O–H groups in total. The normalized spacial score (nSPS) is 16.6. The second-order valence-electron chi connectivity index (χ2n) is 6.73. The van der Waals surface area contributed by atoms with Crippen molar-refractivity contribution < 1.29 is 9.90 Å². The van der Waals surface area contributed by atoms with Gasteiger partial charge in [0.1, 0.15) is 0 Å². The van der Waals surface area contributed by atoms with E-state index in [-0.39, 0.29) is 18.4 Å². The Kier molecular flexibility index (Phi) is 6.11. The third-order valence-corrected chi connectivity index (χ3v) is 5.29. The van der Waals surface area contributed by atoms with Gasteiger partial charge in [0.25, 0.3) is 0 Å². The van der Waals surface area contributed by atoms with E-state index in [2.05, 4.69) is 12.1 Å². The molecule has 1 amide bonds. The van der Waals surface area contributed by atoms with Crippen molar-refractivity contribution in [3.05, 3.63) is 70.7 Å². The number of hydrogen-bond donors (Lipinski definition) is 1. The highest BCUT2D eigenvalue weighted by molar-refractivity contribution is 6.30. The molecule has 1 atom stereocenters. The summed E-state index contributed by atoms with van der Waals surface area (Å²) < 4.78 is 0. The molecule has 0 bridgehead atoms. The lowest BCUT2D eigenvalue weighted by molar-refractivity contribution is -0.133. The number of halogens is 1. The Morgan fingerprint density at radius 3 is 2.40 bits per heavy atom. The van der Waals surface area contributed by atoms with Gasteiger partial charge in [-0.2, -0.15) is 0 Å². The van der Waals surface area contributed by atoms with Crippen LogP contribution in [0, 0.1) is 5.92 Å². The number of benzene rings is 2.